The van der Waals surface area contributed by atoms with Gasteiger partial charge in [0.1, 0.15) is 54.9 Å². The van der Waals surface area contributed by atoms with Crippen molar-refractivity contribution in [3.05, 3.63) is 82.9 Å². The summed E-state index contributed by atoms with van der Waals surface area (Å²) >= 11 is 0. The van der Waals surface area contributed by atoms with Gasteiger partial charge in [0.15, 0.2) is 17.2 Å². The van der Waals surface area contributed by atoms with Crippen LogP contribution in [0, 0.1) is 16.7 Å². The van der Waals surface area contributed by atoms with Crippen LogP contribution >= 0.6 is 0 Å². The summed E-state index contributed by atoms with van der Waals surface area (Å²) in [5.74, 6) is -6.24. The minimum Gasteiger partial charge on any atom is -0.455 e. The Hall–Kier alpha value is -5.53. The number of hydrogen-bond donors (Lipinski definition) is 2. The molecule has 1 amide bonds. The number of ether oxygens (including phenoxy) is 9. The first-order chi connectivity index (χ1) is 31.9. The van der Waals surface area contributed by atoms with E-state index in [1.54, 1.807) is 97.0 Å². The van der Waals surface area contributed by atoms with E-state index in [0.29, 0.717) is 0 Å². The zero-order chi connectivity index (χ0) is 50.1. The number of methoxy groups -OCH3 is 2. The highest BCUT2D eigenvalue weighted by Crippen LogP contribution is 2.65. The molecule has 4 aliphatic rings. The molecule has 11 atom stereocenters. The summed E-state index contributed by atoms with van der Waals surface area (Å²) in [7, 11) is 2.74. The summed E-state index contributed by atoms with van der Waals surface area (Å²) in [6, 6.07) is 14.6. The predicted octanol–water partition coefficient (Wildman–Crippen LogP) is 4.72. The van der Waals surface area contributed by atoms with E-state index >= 15 is 9.59 Å². The first kappa shape index (κ1) is 51.9. The molecule has 2 aromatic carbocycles. The molecule has 2 aromatic rings. The van der Waals surface area contributed by atoms with Gasteiger partial charge in [0, 0.05) is 39.4 Å². The van der Waals surface area contributed by atoms with E-state index in [0.717, 1.165) is 0 Å². The van der Waals surface area contributed by atoms with Crippen molar-refractivity contribution in [3.63, 3.8) is 0 Å². The first-order valence-corrected chi connectivity index (χ1v) is 22.5. The maximum Gasteiger partial charge on any atom is 0.408 e. The summed E-state index contributed by atoms with van der Waals surface area (Å²) in [4.78, 5) is 97.0. The zero-order valence-corrected chi connectivity index (χ0v) is 40.4. The highest BCUT2D eigenvalue weighted by Gasteiger charge is 2.78. The Kier molecular flexibility index (Phi) is 15.1. The lowest BCUT2D eigenvalue weighted by molar-refractivity contribution is -0.347. The maximum atomic E-state index is 15.7. The van der Waals surface area contributed by atoms with Crippen molar-refractivity contribution >= 4 is 41.5 Å². The van der Waals surface area contributed by atoms with Crippen LogP contribution in [0.2, 0.25) is 0 Å². The first-order valence-electron chi connectivity index (χ1n) is 22.5. The van der Waals surface area contributed by atoms with Crippen LogP contribution in [0.1, 0.15) is 97.1 Å². The highest BCUT2D eigenvalue weighted by molar-refractivity contribution is 5.94. The molecule has 68 heavy (non-hydrogen) atoms. The fraction of sp³-hybridized carbons (Fsp3) is 0.580. The molecule has 18 nitrogen and oxygen atoms in total. The Bertz CT molecular complexity index is 2290. The number of aliphatic hydroxyl groups is 1. The number of rotatable bonds is 15. The fourth-order valence-electron chi connectivity index (χ4n) is 10.6. The van der Waals surface area contributed by atoms with Crippen LogP contribution in [0.5, 0.6) is 0 Å². The normalized spacial score (nSPS) is 30.3. The minimum absolute atomic E-state index is 0.0816. The third-order valence-corrected chi connectivity index (χ3v) is 13.8. The molecule has 1 aliphatic heterocycles. The average molecular weight is 950 g/mol. The standard InChI is InChI=1S/C50H63NO17/c1-27(52)24-62-25-35(54)65-39(37(30-18-14-12-15-19-30)51-45(58)68-46(4,5)6)44(57)64-32-23-50(59)42(66-43(56)31-20-16-13-17-21-31)40-48(9,41(55)38(61-11)36(28(32)2)47(50,7)8)33(60-10)22-34-49(40,26-63-34)67-29(3)53/h12-21,32-34,37-40,42,59H,22-26H2,1-11H3,(H,51,58)/t32-,33-,34?,37-,38+,39+,40?,42?,48+,49-,50+/m0/s1. The van der Waals surface area contributed by atoms with Crippen LogP contribution in [0.4, 0.5) is 4.79 Å². The van der Waals surface area contributed by atoms with Gasteiger partial charge >= 0.3 is 30.0 Å². The van der Waals surface area contributed by atoms with Crippen molar-refractivity contribution in [1.29, 1.82) is 0 Å². The Labute approximate surface area is 395 Å². The molecule has 2 N–H and O–H groups in total. The molecule has 3 aliphatic carbocycles. The molecule has 6 rings (SSSR count). The topological polar surface area (TPSA) is 235 Å². The number of nitrogens with one attached hydrogen (secondary N) is 1. The number of carbonyl (C=O) groups is 7. The molecule has 2 saturated carbocycles. The van der Waals surface area contributed by atoms with Gasteiger partial charge < -0.3 is 53.1 Å². The summed E-state index contributed by atoms with van der Waals surface area (Å²) in [5, 5.41) is 16.6. The van der Waals surface area contributed by atoms with E-state index in [4.69, 9.17) is 42.6 Å². The summed E-state index contributed by atoms with van der Waals surface area (Å²) in [6.07, 6.45) is -9.87. The molecule has 0 spiro atoms. The minimum atomic E-state index is -2.32. The number of esters is 4. The van der Waals surface area contributed by atoms with Gasteiger partial charge in [-0.05, 0) is 70.4 Å². The summed E-state index contributed by atoms with van der Waals surface area (Å²) in [5.41, 5.74) is -7.37. The largest absolute Gasteiger partial charge is 0.455 e. The third kappa shape index (κ3) is 9.70. The number of ketones is 2. The van der Waals surface area contributed by atoms with Crippen molar-refractivity contribution in [1.82, 2.24) is 5.32 Å². The average Bonchev–Trinajstić information content (AvgIpc) is 3.26. The number of benzene rings is 2. The van der Waals surface area contributed by atoms with Crippen molar-refractivity contribution in [3.8, 4) is 0 Å². The van der Waals surface area contributed by atoms with Gasteiger partial charge in [-0.25, -0.2) is 19.2 Å². The summed E-state index contributed by atoms with van der Waals surface area (Å²) in [6.45, 7) is 12.5. The lowest BCUT2D eigenvalue weighted by atomic mass is 9.44. The number of Topliss-reactive ketones (excluding diaryl/α,β-unsaturated/α-hetero) is 2. The van der Waals surface area contributed by atoms with Gasteiger partial charge in [-0.1, -0.05) is 62.4 Å². The van der Waals surface area contributed by atoms with Crippen LogP contribution in [0.15, 0.2) is 71.8 Å². The number of alkyl carbamates (subject to hydrolysis) is 1. The third-order valence-electron chi connectivity index (χ3n) is 13.8. The molecule has 3 fully saturated rings. The van der Waals surface area contributed by atoms with Gasteiger partial charge in [0.05, 0.1) is 29.6 Å². The van der Waals surface area contributed by atoms with Gasteiger partial charge in [0.2, 0.25) is 6.10 Å². The molecular weight excluding hydrogens is 887 g/mol. The molecule has 0 aromatic heterocycles. The quantitative estimate of drug-likeness (QED) is 0.140. The van der Waals surface area contributed by atoms with Crippen LogP contribution in [0.25, 0.3) is 0 Å². The Morgan fingerprint density at radius 2 is 1.53 bits per heavy atom. The van der Waals surface area contributed by atoms with Crippen molar-refractivity contribution in [2.24, 2.45) is 16.7 Å². The van der Waals surface area contributed by atoms with E-state index in [1.165, 1.54) is 40.2 Å². The molecule has 1 heterocycles. The van der Waals surface area contributed by atoms with Crippen LogP contribution in [-0.2, 0) is 66.6 Å². The molecule has 18 heteroatoms. The van der Waals surface area contributed by atoms with E-state index in [-0.39, 0.29) is 41.1 Å². The van der Waals surface area contributed by atoms with Crippen LogP contribution in [-0.4, -0.2) is 134 Å². The SMILES string of the molecule is CO[C@H]1C(=O)[C@@]2(C)C(C(OC(=O)c3ccccc3)[C@]3(O)C[C@H](OC(=O)[C@H](OC(=O)COCC(C)=O)[C@@H](NC(=O)OC(C)(C)C)c4ccccc4)C(C)=C1C3(C)C)[C@]1(OC(C)=O)COC1C[C@@H]2OC. The lowest BCUT2D eigenvalue weighted by Gasteiger charge is -2.67. The lowest BCUT2D eigenvalue weighted by Crippen LogP contribution is -2.82. The van der Waals surface area contributed by atoms with Crippen LogP contribution < -0.4 is 5.32 Å². The molecule has 3 unspecified atom stereocenters. The molecular formula is C50H63NO17. The Morgan fingerprint density at radius 3 is 2.07 bits per heavy atom. The van der Waals surface area contributed by atoms with Crippen molar-refractivity contribution in [2.75, 3.05) is 34.0 Å². The van der Waals surface area contributed by atoms with Crippen molar-refractivity contribution in [2.45, 2.75) is 135 Å². The molecule has 0 radical (unpaired) electrons. The van der Waals surface area contributed by atoms with Crippen LogP contribution in [0.3, 0.4) is 0 Å². The van der Waals surface area contributed by atoms with Gasteiger partial charge in [-0.15, -0.1) is 0 Å². The fourth-order valence-corrected chi connectivity index (χ4v) is 10.6. The second kappa shape index (κ2) is 19.8. The maximum absolute atomic E-state index is 15.7. The molecule has 370 valence electrons. The Balaban J connectivity index is 1.55. The number of hydrogen-bond acceptors (Lipinski definition) is 17. The number of amides is 1. The monoisotopic (exact) mass is 949 g/mol. The highest BCUT2D eigenvalue weighted by atomic mass is 16.6. The van der Waals surface area contributed by atoms with Crippen molar-refractivity contribution < 1.29 is 81.3 Å². The Morgan fingerprint density at radius 1 is 0.897 bits per heavy atom. The van der Waals surface area contributed by atoms with E-state index < -0.39 is 132 Å². The number of carbonyl (C=O) groups excluding carboxylic acids is 7. The second-order valence-electron chi connectivity index (χ2n) is 19.7. The van der Waals surface area contributed by atoms with E-state index in [9.17, 15) is 29.1 Å². The van der Waals surface area contributed by atoms with Gasteiger partial charge in [0.25, 0.3) is 0 Å². The second-order valence-corrected chi connectivity index (χ2v) is 19.7. The van der Waals surface area contributed by atoms with E-state index in [2.05, 4.69) is 5.32 Å². The molecule has 1 saturated heterocycles. The van der Waals surface area contributed by atoms with E-state index in [1.807, 2.05) is 0 Å². The predicted molar refractivity (Wildman–Crippen MR) is 239 cm³/mol. The number of fused-ring (bicyclic) bond motifs is 5. The molecule has 2 bridgehead atoms. The zero-order valence-electron chi connectivity index (χ0n) is 40.4. The smallest absolute Gasteiger partial charge is 0.408 e. The van der Waals surface area contributed by atoms with Gasteiger partial charge in [-0.3, -0.25) is 14.4 Å². The summed E-state index contributed by atoms with van der Waals surface area (Å²) < 4.78 is 53.9. The van der Waals surface area contributed by atoms with Gasteiger partial charge in [-0.2, -0.15) is 0 Å².